The fourth-order valence-corrected chi connectivity index (χ4v) is 3.06. The number of benzene rings is 2. The predicted molar refractivity (Wildman–Crippen MR) is 108 cm³/mol. The van der Waals surface area contributed by atoms with E-state index in [4.69, 9.17) is 10.6 Å². The molecule has 1 amide bonds. The van der Waals surface area contributed by atoms with Gasteiger partial charge >= 0.3 is 5.97 Å². The SMILES string of the molecule is NN1C(=O)C(C(=O)OCc2ccccc2)N=C(c2ccccn2)c2ccccc21. The van der Waals surface area contributed by atoms with E-state index in [1.54, 1.807) is 36.5 Å². The number of ether oxygens (including phenoxy) is 1. The van der Waals surface area contributed by atoms with Gasteiger partial charge in [0, 0.05) is 11.8 Å². The number of anilines is 1. The van der Waals surface area contributed by atoms with Crippen molar-refractivity contribution in [2.24, 2.45) is 10.8 Å². The number of aliphatic imine (C=N–C) groups is 1. The lowest BCUT2D eigenvalue weighted by molar-refractivity contribution is -0.149. The Morgan fingerprint density at radius 1 is 1.00 bits per heavy atom. The molecule has 1 atom stereocenters. The van der Waals surface area contributed by atoms with Gasteiger partial charge in [-0.1, -0.05) is 54.6 Å². The maximum absolute atomic E-state index is 12.9. The number of pyridine rings is 1. The normalized spacial score (nSPS) is 15.9. The summed E-state index contributed by atoms with van der Waals surface area (Å²) >= 11 is 0. The number of carbonyl (C=O) groups is 2. The van der Waals surface area contributed by atoms with Crippen LogP contribution in [0.2, 0.25) is 0 Å². The number of rotatable bonds is 4. The van der Waals surface area contributed by atoms with Gasteiger partial charge in [-0.3, -0.25) is 14.8 Å². The number of para-hydroxylation sites is 1. The smallest absolute Gasteiger partial charge is 0.341 e. The topological polar surface area (TPSA) is 97.9 Å². The summed E-state index contributed by atoms with van der Waals surface area (Å²) < 4.78 is 5.36. The van der Waals surface area contributed by atoms with E-state index in [2.05, 4.69) is 9.98 Å². The molecule has 7 heteroatoms. The van der Waals surface area contributed by atoms with Crippen molar-refractivity contribution in [2.45, 2.75) is 12.6 Å². The number of fused-ring (bicyclic) bond motifs is 1. The molecule has 1 aliphatic rings. The molecule has 0 aliphatic carbocycles. The van der Waals surface area contributed by atoms with E-state index in [-0.39, 0.29) is 6.61 Å². The number of benzodiazepines with no additional fused rings is 1. The van der Waals surface area contributed by atoms with Crippen molar-refractivity contribution in [1.82, 2.24) is 4.98 Å². The van der Waals surface area contributed by atoms with Gasteiger partial charge in [0.2, 0.25) is 6.04 Å². The van der Waals surface area contributed by atoms with Gasteiger partial charge in [0.05, 0.1) is 17.1 Å². The molecular formula is C22H18N4O3. The maximum Gasteiger partial charge on any atom is 0.341 e. The Morgan fingerprint density at radius 2 is 1.72 bits per heavy atom. The molecule has 0 radical (unpaired) electrons. The third kappa shape index (κ3) is 3.76. The van der Waals surface area contributed by atoms with Crippen LogP contribution in [0, 0.1) is 0 Å². The Morgan fingerprint density at radius 3 is 2.48 bits per heavy atom. The van der Waals surface area contributed by atoms with Crippen LogP contribution in [0.5, 0.6) is 0 Å². The van der Waals surface area contributed by atoms with E-state index in [0.717, 1.165) is 10.6 Å². The minimum Gasteiger partial charge on any atom is -0.459 e. The highest BCUT2D eigenvalue weighted by Gasteiger charge is 2.36. The van der Waals surface area contributed by atoms with Crippen LogP contribution in [0.3, 0.4) is 0 Å². The van der Waals surface area contributed by atoms with Crippen LogP contribution >= 0.6 is 0 Å². The minimum absolute atomic E-state index is 0.0371. The molecule has 2 heterocycles. The Hall–Kier alpha value is -3.84. The van der Waals surface area contributed by atoms with Crippen LogP contribution < -0.4 is 10.9 Å². The number of hydrogen-bond acceptors (Lipinski definition) is 6. The first kappa shape index (κ1) is 18.5. The molecule has 0 saturated heterocycles. The molecule has 1 unspecified atom stereocenters. The molecule has 7 nitrogen and oxygen atoms in total. The molecule has 0 saturated carbocycles. The summed E-state index contributed by atoms with van der Waals surface area (Å²) in [6.07, 6.45) is 1.62. The Labute approximate surface area is 167 Å². The first-order valence-corrected chi connectivity index (χ1v) is 9.03. The van der Waals surface area contributed by atoms with Gasteiger partial charge in [0.1, 0.15) is 6.61 Å². The average molecular weight is 386 g/mol. The van der Waals surface area contributed by atoms with Crippen molar-refractivity contribution in [3.05, 3.63) is 95.8 Å². The summed E-state index contributed by atoms with van der Waals surface area (Å²) in [5.74, 6) is 4.61. The predicted octanol–water partition coefficient (Wildman–Crippen LogP) is 2.25. The summed E-state index contributed by atoms with van der Waals surface area (Å²) in [7, 11) is 0. The third-order valence-electron chi connectivity index (χ3n) is 4.50. The van der Waals surface area contributed by atoms with Gasteiger partial charge in [-0.2, -0.15) is 0 Å². The number of nitrogens with two attached hydrogens (primary N) is 1. The van der Waals surface area contributed by atoms with Crippen molar-refractivity contribution in [2.75, 3.05) is 5.01 Å². The van der Waals surface area contributed by atoms with Gasteiger partial charge in [0.15, 0.2) is 0 Å². The second kappa shape index (κ2) is 8.04. The fourth-order valence-electron chi connectivity index (χ4n) is 3.06. The largest absolute Gasteiger partial charge is 0.459 e. The summed E-state index contributed by atoms with van der Waals surface area (Å²) in [5.41, 5.74) is 2.80. The standard InChI is InChI=1S/C22H18N4O3/c23-26-18-12-5-4-10-16(18)19(17-11-6-7-13-24-17)25-20(21(26)27)22(28)29-14-15-8-2-1-3-9-15/h1-13,20H,14,23H2. The van der Waals surface area contributed by atoms with E-state index in [9.17, 15) is 9.59 Å². The summed E-state index contributed by atoms with van der Waals surface area (Å²) in [6, 6.07) is 20.2. The first-order chi connectivity index (χ1) is 14.1. The van der Waals surface area contributed by atoms with Crippen LogP contribution in [0.1, 0.15) is 16.8 Å². The zero-order valence-corrected chi connectivity index (χ0v) is 15.4. The number of carbonyl (C=O) groups excluding carboxylic acids is 2. The van der Waals surface area contributed by atoms with Gasteiger partial charge in [0.25, 0.3) is 5.91 Å². The van der Waals surface area contributed by atoms with E-state index in [1.807, 2.05) is 42.5 Å². The quantitative estimate of drug-likeness (QED) is 0.321. The van der Waals surface area contributed by atoms with E-state index < -0.39 is 17.9 Å². The average Bonchev–Trinajstić information content (AvgIpc) is 2.89. The van der Waals surface area contributed by atoms with Crippen molar-refractivity contribution in [3.8, 4) is 0 Å². The van der Waals surface area contributed by atoms with Crippen molar-refractivity contribution in [1.29, 1.82) is 0 Å². The van der Waals surface area contributed by atoms with Gasteiger partial charge < -0.3 is 4.74 Å². The van der Waals surface area contributed by atoms with Crippen LogP contribution in [0.15, 0.2) is 84.0 Å². The van der Waals surface area contributed by atoms with E-state index in [1.165, 1.54) is 0 Å². The Balaban J connectivity index is 1.72. The Bertz CT molecular complexity index is 1070. The zero-order valence-electron chi connectivity index (χ0n) is 15.4. The van der Waals surface area contributed by atoms with Gasteiger partial charge in [-0.05, 0) is 23.8 Å². The lowest BCUT2D eigenvalue weighted by Gasteiger charge is -2.19. The van der Waals surface area contributed by atoms with E-state index >= 15 is 0 Å². The number of hydrazine groups is 1. The van der Waals surface area contributed by atoms with Crippen molar-refractivity contribution >= 4 is 23.3 Å². The number of nitrogens with zero attached hydrogens (tertiary/aromatic N) is 3. The van der Waals surface area contributed by atoms with Crippen LogP contribution in [-0.4, -0.2) is 28.6 Å². The molecule has 0 bridgehead atoms. The molecule has 4 rings (SSSR count). The maximum atomic E-state index is 12.9. The highest BCUT2D eigenvalue weighted by molar-refractivity contribution is 6.22. The second-order valence-electron chi connectivity index (χ2n) is 6.41. The van der Waals surface area contributed by atoms with Crippen molar-refractivity contribution in [3.63, 3.8) is 0 Å². The summed E-state index contributed by atoms with van der Waals surface area (Å²) in [4.78, 5) is 34.4. The molecule has 144 valence electrons. The number of amides is 1. The van der Waals surface area contributed by atoms with Gasteiger partial charge in [-0.15, -0.1) is 0 Å². The molecule has 2 aromatic carbocycles. The molecule has 1 aliphatic heterocycles. The van der Waals surface area contributed by atoms with E-state index in [0.29, 0.717) is 22.7 Å². The highest BCUT2D eigenvalue weighted by atomic mass is 16.5. The number of esters is 1. The van der Waals surface area contributed by atoms with Crippen LogP contribution in [0.25, 0.3) is 0 Å². The number of aromatic nitrogens is 1. The lowest BCUT2D eigenvalue weighted by atomic mass is 10.0. The second-order valence-corrected chi connectivity index (χ2v) is 6.41. The summed E-state index contributed by atoms with van der Waals surface area (Å²) in [6.45, 7) is 0.0371. The third-order valence-corrected chi connectivity index (χ3v) is 4.50. The molecule has 29 heavy (non-hydrogen) atoms. The monoisotopic (exact) mass is 386 g/mol. The molecule has 0 fully saturated rings. The lowest BCUT2D eigenvalue weighted by Crippen LogP contribution is -2.46. The van der Waals surface area contributed by atoms with Gasteiger partial charge in [-0.25, -0.2) is 15.6 Å². The molecule has 2 N–H and O–H groups in total. The fraction of sp³-hybridized carbons (Fsp3) is 0.0909. The van der Waals surface area contributed by atoms with Crippen molar-refractivity contribution < 1.29 is 14.3 Å². The molecule has 3 aromatic rings. The molecular weight excluding hydrogens is 368 g/mol. The zero-order chi connectivity index (χ0) is 20.2. The Kier molecular flexibility index (Phi) is 5.13. The first-order valence-electron chi connectivity index (χ1n) is 9.03. The van der Waals surface area contributed by atoms with Crippen LogP contribution in [-0.2, 0) is 20.9 Å². The minimum atomic E-state index is -1.42. The molecule has 1 aromatic heterocycles. The highest BCUT2D eigenvalue weighted by Crippen LogP contribution is 2.26. The summed E-state index contributed by atoms with van der Waals surface area (Å²) in [5, 5.41) is 0.948. The van der Waals surface area contributed by atoms with Crippen LogP contribution in [0.4, 0.5) is 5.69 Å². The number of hydrogen-bond donors (Lipinski definition) is 1. The molecule has 0 spiro atoms.